The summed E-state index contributed by atoms with van der Waals surface area (Å²) >= 11 is 0. The van der Waals surface area contributed by atoms with Gasteiger partial charge < -0.3 is 15.2 Å². The van der Waals surface area contributed by atoms with Crippen LogP contribution >= 0.6 is 0 Å². The summed E-state index contributed by atoms with van der Waals surface area (Å²) in [5.41, 5.74) is -0.00185. The first-order valence-electron chi connectivity index (χ1n) is 5.97. The molecule has 0 heterocycles. The number of benzene rings is 1. The van der Waals surface area contributed by atoms with Crippen LogP contribution < -0.4 is 5.32 Å². The largest absolute Gasteiger partial charge is 0.416 e. The smallest absolute Gasteiger partial charge is 0.391 e. The predicted molar refractivity (Wildman–Crippen MR) is 65.9 cm³/mol. The Bertz CT molecular complexity index is 365. The van der Waals surface area contributed by atoms with Gasteiger partial charge in [0, 0.05) is 20.2 Å². The van der Waals surface area contributed by atoms with Gasteiger partial charge in [-0.15, -0.1) is 0 Å². The van der Waals surface area contributed by atoms with Crippen LogP contribution in [0, 0.1) is 0 Å². The number of ether oxygens (including phenoxy) is 1. The molecule has 0 saturated carbocycles. The Balaban J connectivity index is 2.40. The first-order chi connectivity index (χ1) is 8.93. The van der Waals surface area contributed by atoms with Gasteiger partial charge in [-0.25, -0.2) is 0 Å². The molecule has 6 heteroatoms. The van der Waals surface area contributed by atoms with Gasteiger partial charge in [-0.2, -0.15) is 13.2 Å². The Labute approximate surface area is 110 Å². The van der Waals surface area contributed by atoms with Gasteiger partial charge in [0.1, 0.15) is 0 Å². The molecule has 0 saturated heterocycles. The molecule has 0 aliphatic heterocycles. The lowest BCUT2D eigenvalue weighted by molar-refractivity contribution is -0.137. The number of hydrogen-bond acceptors (Lipinski definition) is 3. The second kappa shape index (κ2) is 7.47. The minimum atomic E-state index is -4.32. The van der Waals surface area contributed by atoms with Crippen LogP contribution in [0.25, 0.3) is 0 Å². The fourth-order valence-electron chi connectivity index (χ4n) is 1.62. The maximum Gasteiger partial charge on any atom is 0.416 e. The number of aliphatic hydroxyl groups is 1. The standard InChI is InChI=1S/C13H18F3NO2/c1-19-7-6-17-9-12(18)8-10-2-4-11(5-3-10)13(14,15)16/h2-5,12,17-18H,6-9H2,1H3. The number of nitrogens with one attached hydrogen (secondary N) is 1. The highest BCUT2D eigenvalue weighted by Crippen LogP contribution is 2.29. The zero-order valence-electron chi connectivity index (χ0n) is 10.7. The lowest BCUT2D eigenvalue weighted by Crippen LogP contribution is -2.30. The highest BCUT2D eigenvalue weighted by atomic mass is 19.4. The molecule has 0 aliphatic rings. The SMILES string of the molecule is COCCNCC(O)Cc1ccc(C(F)(F)F)cc1. The summed E-state index contributed by atoms with van der Waals surface area (Å²) in [7, 11) is 1.58. The van der Waals surface area contributed by atoms with Crippen LogP contribution in [-0.4, -0.2) is 38.0 Å². The maximum absolute atomic E-state index is 12.3. The van der Waals surface area contributed by atoms with Crippen LogP contribution in [-0.2, 0) is 17.3 Å². The van der Waals surface area contributed by atoms with Crippen molar-refractivity contribution >= 4 is 0 Å². The van der Waals surface area contributed by atoms with E-state index in [1.807, 2.05) is 0 Å². The lowest BCUT2D eigenvalue weighted by Gasteiger charge is -2.12. The molecule has 0 bridgehead atoms. The van der Waals surface area contributed by atoms with Crippen LogP contribution in [0.4, 0.5) is 13.2 Å². The molecule has 0 amide bonds. The fraction of sp³-hybridized carbons (Fsp3) is 0.538. The number of rotatable bonds is 7. The number of hydrogen-bond donors (Lipinski definition) is 2. The summed E-state index contributed by atoms with van der Waals surface area (Å²) in [6, 6.07) is 4.84. The molecule has 1 aromatic rings. The second-order valence-corrected chi connectivity index (χ2v) is 4.25. The van der Waals surface area contributed by atoms with Gasteiger partial charge in [0.2, 0.25) is 0 Å². The van der Waals surface area contributed by atoms with Crippen LogP contribution in [0.5, 0.6) is 0 Å². The van der Waals surface area contributed by atoms with Gasteiger partial charge in [-0.05, 0) is 24.1 Å². The van der Waals surface area contributed by atoms with Crippen LogP contribution in [0.15, 0.2) is 24.3 Å². The van der Waals surface area contributed by atoms with Crippen LogP contribution in [0.3, 0.4) is 0 Å². The van der Waals surface area contributed by atoms with E-state index in [1.165, 1.54) is 12.1 Å². The van der Waals surface area contributed by atoms with Crippen molar-refractivity contribution in [3.8, 4) is 0 Å². The summed E-state index contributed by atoms with van der Waals surface area (Å²) in [4.78, 5) is 0. The molecule has 19 heavy (non-hydrogen) atoms. The Kier molecular flexibility index (Phi) is 6.27. The van der Waals surface area contributed by atoms with E-state index < -0.39 is 17.8 Å². The number of halogens is 3. The van der Waals surface area contributed by atoms with Gasteiger partial charge in [0.15, 0.2) is 0 Å². The molecule has 3 nitrogen and oxygen atoms in total. The van der Waals surface area contributed by atoms with Crippen molar-refractivity contribution in [2.45, 2.75) is 18.7 Å². The summed E-state index contributed by atoms with van der Waals surface area (Å²) in [5, 5.41) is 12.7. The molecule has 1 aromatic carbocycles. The van der Waals surface area contributed by atoms with E-state index in [0.29, 0.717) is 31.7 Å². The van der Waals surface area contributed by atoms with Gasteiger partial charge >= 0.3 is 6.18 Å². The molecule has 0 aromatic heterocycles. The molecule has 1 atom stereocenters. The van der Waals surface area contributed by atoms with Crippen LogP contribution in [0.1, 0.15) is 11.1 Å². The molecule has 2 N–H and O–H groups in total. The van der Waals surface area contributed by atoms with Crippen LogP contribution in [0.2, 0.25) is 0 Å². The van der Waals surface area contributed by atoms with E-state index in [1.54, 1.807) is 7.11 Å². The van der Waals surface area contributed by atoms with Gasteiger partial charge in [0.05, 0.1) is 18.3 Å². The lowest BCUT2D eigenvalue weighted by atomic mass is 10.1. The predicted octanol–water partition coefficient (Wildman–Crippen LogP) is 1.84. The Morgan fingerprint density at radius 3 is 2.42 bits per heavy atom. The highest BCUT2D eigenvalue weighted by molar-refractivity contribution is 5.25. The van der Waals surface area contributed by atoms with Gasteiger partial charge in [0.25, 0.3) is 0 Å². The summed E-state index contributed by atoms with van der Waals surface area (Å²) in [6.45, 7) is 1.55. The average Bonchev–Trinajstić information content (AvgIpc) is 2.34. The van der Waals surface area contributed by atoms with E-state index >= 15 is 0 Å². The van der Waals surface area contributed by atoms with Crippen molar-refractivity contribution in [2.24, 2.45) is 0 Å². The normalized spacial score (nSPS) is 13.5. The minimum Gasteiger partial charge on any atom is -0.391 e. The first kappa shape index (κ1) is 15.9. The van der Waals surface area contributed by atoms with E-state index in [-0.39, 0.29) is 0 Å². The Morgan fingerprint density at radius 1 is 1.26 bits per heavy atom. The molecule has 0 spiro atoms. The van der Waals surface area contributed by atoms with Crippen molar-refractivity contribution < 1.29 is 23.0 Å². The number of aliphatic hydroxyl groups excluding tert-OH is 1. The zero-order chi connectivity index (χ0) is 14.3. The summed E-state index contributed by atoms with van der Waals surface area (Å²) in [6.07, 6.45) is -4.63. The molecule has 1 rings (SSSR count). The topological polar surface area (TPSA) is 41.5 Å². The van der Waals surface area contributed by atoms with E-state index in [2.05, 4.69) is 5.32 Å². The van der Waals surface area contributed by atoms with Gasteiger partial charge in [-0.1, -0.05) is 12.1 Å². The fourth-order valence-corrected chi connectivity index (χ4v) is 1.62. The Hall–Kier alpha value is -1.11. The summed E-state index contributed by atoms with van der Waals surface area (Å²) < 4.78 is 41.9. The second-order valence-electron chi connectivity index (χ2n) is 4.25. The van der Waals surface area contributed by atoms with Crippen molar-refractivity contribution in [1.82, 2.24) is 5.32 Å². The highest BCUT2D eigenvalue weighted by Gasteiger charge is 2.29. The average molecular weight is 277 g/mol. The number of alkyl halides is 3. The molecular formula is C13H18F3NO2. The van der Waals surface area contributed by atoms with Gasteiger partial charge in [-0.3, -0.25) is 0 Å². The third-order valence-corrected chi connectivity index (χ3v) is 2.62. The first-order valence-corrected chi connectivity index (χ1v) is 5.97. The maximum atomic E-state index is 12.3. The molecule has 108 valence electrons. The monoisotopic (exact) mass is 277 g/mol. The molecule has 1 unspecified atom stereocenters. The van der Waals surface area contributed by atoms with Crippen molar-refractivity contribution in [1.29, 1.82) is 0 Å². The van der Waals surface area contributed by atoms with Crippen molar-refractivity contribution in [3.63, 3.8) is 0 Å². The molecule has 0 aliphatic carbocycles. The van der Waals surface area contributed by atoms with Crippen molar-refractivity contribution in [3.05, 3.63) is 35.4 Å². The van der Waals surface area contributed by atoms with E-state index in [4.69, 9.17) is 4.74 Å². The third kappa shape index (κ3) is 6.04. The number of methoxy groups -OCH3 is 1. The van der Waals surface area contributed by atoms with E-state index in [0.717, 1.165) is 12.1 Å². The zero-order valence-corrected chi connectivity index (χ0v) is 10.7. The third-order valence-electron chi connectivity index (χ3n) is 2.62. The minimum absolute atomic E-state index is 0.318. The summed E-state index contributed by atoms with van der Waals surface area (Å²) in [5.74, 6) is 0. The Morgan fingerprint density at radius 2 is 1.89 bits per heavy atom. The van der Waals surface area contributed by atoms with Crippen molar-refractivity contribution in [2.75, 3.05) is 26.8 Å². The molecular weight excluding hydrogens is 259 g/mol. The quantitative estimate of drug-likeness (QED) is 0.747. The molecule has 0 radical (unpaired) electrons. The van der Waals surface area contributed by atoms with E-state index in [9.17, 15) is 18.3 Å². The molecule has 0 fully saturated rings.